The molecule has 2 N–H and O–H groups in total. The standard InChI is InChI=1S/C26H32N4O4S/c1-34-19-5-6-23-21(16-19)20(8-12-27-23)24(31)7-4-18-9-14-30(17-22(18)25(32)33)13-3-15-35-26-28-10-2-11-29-26/h2,5-6,8,10-12,16,18,22,24,31H,3-4,7,9,13-15,17H2,1H3,(H,32,33)/t18-,22+,24-/m1/s1. The van der Waals surface area contributed by atoms with Crippen LogP contribution >= 0.6 is 11.8 Å². The number of nitrogens with zero attached hydrogens (tertiary/aromatic N) is 4. The molecule has 1 aliphatic heterocycles. The molecule has 0 aliphatic carbocycles. The molecule has 0 amide bonds. The zero-order valence-corrected chi connectivity index (χ0v) is 20.7. The van der Waals surface area contributed by atoms with Crippen molar-refractivity contribution >= 4 is 28.6 Å². The van der Waals surface area contributed by atoms with Crippen molar-refractivity contribution in [2.75, 3.05) is 32.5 Å². The van der Waals surface area contributed by atoms with Crippen molar-refractivity contribution in [1.82, 2.24) is 19.9 Å². The second kappa shape index (κ2) is 12.3. The first-order valence-electron chi connectivity index (χ1n) is 12.0. The van der Waals surface area contributed by atoms with E-state index < -0.39 is 18.0 Å². The lowest BCUT2D eigenvalue weighted by Crippen LogP contribution is -2.44. The summed E-state index contributed by atoms with van der Waals surface area (Å²) in [6.07, 6.45) is 7.46. The molecule has 9 heteroatoms. The Labute approximate surface area is 209 Å². The van der Waals surface area contributed by atoms with Crippen molar-refractivity contribution < 1.29 is 19.7 Å². The second-order valence-corrected chi connectivity index (χ2v) is 9.97. The monoisotopic (exact) mass is 496 g/mol. The molecule has 186 valence electrons. The number of aromatic nitrogens is 3. The molecule has 3 atom stereocenters. The number of benzene rings is 1. The number of hydrogen-bond donors (Lipinski definition) is 2. The molecule has 0 bridgehead atoms. The molecule has 0 radical (unpaired) electrons. The average Bonchev–Trinajstić information content (AvgIpc) is 2.89. The number of fused-ring (bicyclic) bond motifs is 1. The van der Waals surface area contributed by atoms with Gasteiger partial charge in [-0.2, -0.15) is 0 Å². The zero-order valence-electron chi connectivity index (χ0n) is 19.9. The third-order valence-corrected chi connectivity index (χ3v) is 7.66. The number of piperidine rings is 1. The highest BCUT2D eigenvalue weighted by Crippen LogP contribution is 2.33. The van der Waals surface area contributed by atoms with Gasteiger partial charge in [0.25, 0.3) is 0 Å². The van der Waals surface area contributed by atoms with Crippen molar-refractivity contribution in [3.63, 3.8) is 0 Å². The Balaban J connectivity index is 1.30. The molecule has 2 aromatic heterocycles. The van der Waals surface area contributed by atoms with Crippen molar-refractivity contribution in [1.29, 1.82) is 0 Å². The molecular weight excluding hydrogens is 464 g/mol. The van der Waals surface area contributed by atoms with Crippen LogP contribution in [0.15, 0.2) is 54.1 Å². The van der Waals surface area contributed by atoms with E-state index in [0.717, 1.165) is 53.3 Å². The maximum Gasteiger partial charge on any atom is 0.308 e. The minimum atomic E-state index is -0.750. The Morgan fingerprint density at radius 3 is 2.83 bits per heavy atom. The fourth-order valence-corrected chi connectivity index (χ4v) is 5.53. The van der Waals surface area contributed by atoms with Gasteiger partial charge in [-0.25, -0.2) is 9.97 Å². The topological polar surface area (TPSA) is 109 Å². The van der Waals surface area contributed by atoms with Crippen LogP contribution in [0, 0.1) is 11.8 Å². The Bertz CT molecular complexity index is 1120. The number of hydrogen-bond acceptors (Lipinski definition) is 8. The largest absolute Gasteiger partial charge is 0.497 e. The number of aliphatic hydroxyl groups is 1. The van der Waals surface area contributed by atoms with Crippen LogP contribution in [0.1, 0.15) is 37.4 Å². The highest BCUT2D eigenvalue weighted by Gasteiger charge is 2.34. The first kappa shape index (κ1) is 25.3. The zero-order chi connectivity index (χ0) is 24.6. The lowest BCUT2D eigenvalue weighted by Gasteiger charge is -2.37. The summed E-state index contributed by atoms with van der Waals surface area (Å²) in [5.41, 5.74) is 1.61. The Kier molecular flexibility index (Phi) is 8.90. The highest BCUT2D eigenvalue weighted by atomic mass is 32.2. The first-order valence-corrected chi connectivity index (χ1v) is 13.0. The number of likely N-dealkylation sites (tertiary alicyclic amines) is 1. The van der Waals surface area contributed by atoms with Gasteiger partial charge in [-0.15, -0.1) is 0 Å². The molecule has 1 fully saturated rings. The minimum Gasteiger partial charge on any atom is -0.497 e. The minimum absolute atomic E-state index is 0.0492. The number of aliphatic carboxylic acids is 1. The van der Waals surface area contributed by atoms with Gasteiger partial charge in [0.05, 0.1) is 24.6 Å². The second-order valence-electron chi connectivity index (χ2n) is 8.90. The number of pyridine rings is 1. The summed E-state index contributed by atoms with van der Waals surface area (Å²) in [4.78, 5) is 27.1. The lowest BCUT2D eigenvalue weighted by molar-refractivity contribution is -0.146. The van der Waals surface area contributed by atoms with Crippen LogP contribution in [0.25, 0.3) is 10.9 Å². The third-order valence-electron chi connectivity index (χ3n) is 6.70. The van der Waals surface area contributed by atoms with E-state index in [4.69, 9.17) is 4.74 Å². The van der Waals surface area contributed by atoms with Gasteiger partial charge in [0.2, 0.25) is 0 Å². The first-order chi connectivity index (χ1) is 17.0. The SMILES string of the molecule is COc1ccc2nccc([C@H](O)CC[C@@H]3CCN(CCCSc4ncccn4)C[C@@H]3C(=O)O)c2c1. The van der Waals surface area contributed by atoms with Crippen LogP contribution in [0.2, 0.25) is 0 Å². The molecule has 1 aromatic carbocycles. The number of carboxylic acids is 1. The van der Waals surface area contributed by atoms with Crippen molar-refractivity contribution in [2.45, 2.75) is 36.9 Å². The van der Waals surface area contributed by atoms with Gasteiger partial charge in [-0.1, -0.05) is 11.8 Å². The van der Waals surface area contributed by atoms with Crippen molar-refractivity contribution in [3.05, 3.63) is 54.5 Å². The maximum atomic E-state index is 12.1. The lowest BCUT2D eigenvalue weighted by atomic mass is 9.81. The number of ether oxygens (including phenoxy) is 1. The summed E-state index contributed by atoms with van der Waals surface area (Å²) in [5, 5.41) is 22.5. The summed E-state index contributed by atoms with van der Waals surface area (Å²) in [5.74, 6) is 0.495. The summed E-state index contributed by atoms with van der Waals surface area (Å²) in [6.45, 7) is 2.30. The molecule has 4 rings (SSSR count). The number of rotatable bonds is 11. The van der Waals surface area contributed by atoms with Gasteiger partial charge in [0.1, 0.15) is 5.75 Å². The smallest absolute Gasteiger partial charge is 0.308 e. The number of carboxylic acid groups (broad SMARTS) is 1. The molecule has 1 saturated heterocycles. The van der Waals surface area contributed by atoms with Crippen molar-refractivity contribution in [3.8, 4) is 5.75 Å². The summed E-state index contributed by atoms with van der Waals surface area (Å²) in [6, 6.07) is 9.26. The quantitative estimate of drug-likeness (QED) is 0.231. The molecule has 1 aliphatic rings. The third kappa shape index (κ3) is 6.68. The van der Waals surface area contributed by atoms with Gasteiger partial charge in [-0.3, -0.25) is 9.78 Å². The number of carbonyl (C=O) groups is 1. The van der Waals surface area contributed by atoms with E-state index in [-0.39, 0.29) is 5.92 Å². The maximum absolute atomic E-state index is 12.1. The molecular formula is C26H32N4O4S. The molecule has 8 nitrogen and oxygen atoms in total. The van der Waals surface area contributed by atoms with Crippen LogP contribution < -0.4 is 4.74 Å². The van der Waals surface area contributed by atoms with E-state index in [1.807, 2.05) is 24.3 Å². The predicted molar refractivity (Wildman–Crippen MR) is 136 cm³/mol. The van der Waals surface area contributed by atoms with E-state index in [0.29, 0.717) is 25.1 Å². The average molecular weight is 497 g/mol. The van der Waals surface area contributed by atoms with Crippen LogP contribution in [-0.4, -0.2) is 68.5 Å². The van der Waals surface area contributed by atoms with Gasteiger partial charge >= 0.3 is 5.97 Å². The summed E-state index contributed by atoms with van der Waals surface area (Å²) >= 11 is 1.62. The van der Waals surface area contributed by atoms with Gasteiger partial charge in [-0.05, 0) is 80.6 Å². The fraction of sp³-hybridized carbons (Fsp3) is 0.462. The molecule has 0 saturated carbocycles. The number of thioether (sulfide) groups is 1. The van der Waals surface area contributed by atoms with Crippen LogP contribution in [0.4, 0.5) is 0 Å². The van der Waals surface area contributed by atoms with Crippen LogP contribution in [-0.2, 0) is 4.79 Å². The van der Waals surface area contributed by atoms with Crippen molar-refractivity contribution in [2.24, 2.45) is 11.8 Å². The van der Waals surface area contributed by atoms with E-state index in [2.05, 4.69) is 19.9 Å². The Hall–Kier alpha value is -2.75. The summed E-state index contributed by atoms with van der Waals surface area (Å²) in [7, 11) is 1.61. The number of aliphatic hydroxyl groups excluding tert-OH is 1. The molecule has 3 heterocycles. The van der Waals surface area contributed by atoms with Gasteiger partial charge in [0, 0.05) is 36.3 Å². The van der Waals surface area contributed by atoms with E-state index in [9.17, 15) is 15.0 Å². The van der Waals surface area contributed by atoms with E-state index >= 15 is 0 Å². The van der Waals surface area contributed by atoms with Crippen LogP contribution in [0.3, 0.4) is 0 Å². The highest BCUT2D eigenvalue weighted by molar-refractivity contribution is 7.99. The van der Waals surface area contributed by atoms with E-state index in [1.165, 1.54) is 0 Å². The summed E-state index contributed by atoms with van der Waals surface area (Å²) < 4.78 is 5.33. The Morgan fingerprint density at radius 2 is 2.06 bits per heavy atom. The molecule has 3 aromatic rings. The Morgan fingerprint density at radius 1 is 1.23 bits per heavy atom. The fourth-order valence-electron chi connectivity index (χ4n) is 4.80. The number of methoxy groups -OCH3 is 1. The predicted octanol–water partition coefficient (Wildman–Crippen LogP) is 4.05. The van der Waals surface area contributed by atoms with Gasteiger partial charge < -0.3 is 19.8 Å². The van der Waals surface area contributed by atoms with Gasteiger partial charge in [0.15, 0.2) is 5.16 Å². The molecule has 0 unspecified atom stereocenters. The molecule has 0 spiro atoms. The van der Waals surface area contributed by atoms with E-state index in [1.54, 1.807) is 43.5 Å². The molecule has 35 heavy (non-hydrogen) atoms. The van der Waals surface area contributed by atoms with Crippen LogP contribution in [0.5, 0.6) is 5.75 Å². The normalized spacial score (nSPS) is 19.5.